The molecule has 1 amide bonds. The van der Waals surface area contributed by atoms with E-state index < -0.39 is 12.5 Å². The Hall–Kier alpha value is -4.58. The van der Waals surface area contributed by atoms with E-state index in [1.165, 1.54) is 30.6 Å². The Balaban J connectivity index is 1.41. The highest BCUT2D eigenvalue weighted by Crippen LogP contribution is 2.39. The number of benzene rings is 2. The van der Waals surface area contributed by atoms with Crippen molar-refractivity contribution in [3.05, 3.63) is 71.6 Å². The summed E-state index contributed by atoms with van der Waals surface area (Å²) in [4.78, 5) is 26.5. The number of alkyl halides is 2. The van der Waals surface area contributed by atoms with Gasteiger partial charge in [-0.15, -0.1) is 0 Å². The van der Waals surface area contributed by atoms with Crippen LogP contribution in [0.25, 0.3) is 33.9 Å². The molecule has 210 valence electrons. The van der Waals surface area contributed by atoms with Crippen LogP contribution in [0.3, 0.4) is 0 Å². The smallest absolute Gasteiger partial charge is 0.387 e. The Kier molecular flexibility index (Phi) is 7.23. The molecule has 1 fully saturated rings. The Morgan fingerprint density at radius 1 is 1.17 bits per heavy atom. The van der Waals surface area contributed by atoms with Gasteiger partial charge in [-0.25, -0.2) is 9.97 Å². The maximum Gasteiger partial charge on any atom is 0.387 e. The summed E-state index contributed by atoms with van der Waals surface area (Å²) in [7, 11) is 0. The Morgan fingerprint density at radius 2 is 2.02 bits per heavy atom. The first-order chi connectivity index (χ1) is 19.9. The van der Waals surface area contributed by atoms with E-state index in [4.69, 9.17) is 21.3 Å². The number of carbonyl (C=O) groups excluding carboxylic acids is 1. The second kappa shape index (κ2) is 11.1. The Bertz CT molecular complexity index is 1710. The number of pyridine rings is 1. The fraction of sp³-hybridized carbons (Fsp3) is 0.250. The molecule has 3 heterocycles. The van der Waals surface area contributed by atoms with Crippen molar-refractivity contribution >= 4 is 28.5 Å². The highest BCUT2D eigenvalue weighted by atomic mass is 35.5. The van der Waals surface area contributed by atoms with Gasteiger partial charge in [-0.1, -0.05) is 23.7 Å². The highest BCUT2D eigenvalue weighted by Gasteiger charge is 2.30. The first-order valence-corrected chi connectivity index (χ1v) is 13.3. The van der Waals surface area contributed by atoms with Crippen molar-refractivity contribution in [2.45, 2.75) is 44.4 Å². The number of aromatic amines is 1. The molecule has 2 atom stereocenters. The second-order valence-corrected chi connectivity index (χ2v) is 10.2. The maximum atomic E-state index is 13.3. The second-order valence-electron chi connectivity index (χ2n) is 9.72. The summed E-state index contributed by atoms with van der Waals surface area (Å²) < 4.78 is 33.5. The number of aromatic hydroxyl groups is 1. The number of phenolic OH excluding ortho intramolecular Hbond substituents is 1. The highest BCUT2D eigenvalue weighted by molar-refractivity contribution is 6.31. The van der Waals surface area contributed by atoms with Crippen molar-refractivity contribution in [2.75, 3.05) is 0 Å². The van der Waals surface area contributed by atoms with E-state index in [9.17, 15) is 18.7 Å². The van der Waals surface area contributed by atoms with E-state index in [2.05, 4.69) is 25.5 Å². The third-order valence-electron chi connectivity index (χ3n) is 7.13. The van der Waals surface area contributed by atoms with Gasteiger partial charge in [-0.2, -0.15) is 13.9 Å². The Morgan fingerprint density at radius 3 is 2.83 bits per heavy atom. The molecule has 3 N–H and O–H groups in total. The third-order valence-corrected chi connectivity index (χ3v) is 7.36. The Labute approximate surface area is 237 Å². The van der Waals surface area contributed by atoms with Gasteiger partial charge < -0.3 is 19.7 Å². The van der Waals surface area contributed by atoms with E-state index in [0.29, 0.717) is 39.9 Å². The SMILES string of the molecule is O=C(N[C@H]1CCC[C@@H](n2c(-c3ccccc3OC(F)F)nc3cnc(-c4ncn[nH]4)cc32)C1)c1cc(Cl)ccc1O. The lowest BCUT2D eigenvalue weighted by Crippen LogP contribution is -2.39. The summed E-state index contributed by atoms with van der Waals surface area (Å²) in [6, 6.07) is 12.3. The summed E-state index contributed by atoms with van der Waals surface area (Å²) in [6.07, 6.45) is 5.78. The van der Waals surface area contributed by atoms with Gasteiger partial charge in [-0.3, -0.25) is 14.9 Å². The van der Waals surface area contributed by atoms with Crippen LogP contribution in [0.15, 0.2) is 61.1 Å². The molecular weight excluding hydrogens is 556 g/mol. The quantitative estimate of drug-likeness (QED) is 0.223. The zero-order valence-electron chi connectivity index (χ0n) is 21.5. The van der Waals surface area contributed by atoms with E-state index in [-0.39, 0.29) is 29.1 Å². The molecule has 3 aromatic heterocycles. The van der Waals surface area contributed by atoms with Crippen LogP contribution in [0.1, 0.15) is 42.1 Å². The van der Waals surface area contributed by atoms with Gasteiger partial charge in [0.05, 0.1) is 22.8 Å². The van der Waals surface area contributed by atoms with Crippen LogP contribution in [0, 0.1) is 0 Å². The number of H-pyrrole nitrogens is 1. The van der Waals surface area contributed by atoms with Crippen molar-refractivity contribution in [3.63, 3.8) is 0 Å². The number of halogens is 3. The maximum absolute atomic E-state index is 13.3. The topological polar surface area (TPSA) is 131 Å². The molecule has 41 heavy (non-hydrogen) atoms. The lowest BCUT2D eigenvalue weighted by atomic mass is 9.90. The molecule has 0 saturated heterocycles. The largest absolute Gasteiger partial charge is 0.507 e. The molecule has 2 aromatic carbocycles. The van der Waals surface area contributed by atoms with Crippen molar-refractivity contribution in [1.29, 1.82) is 0 Å². The molecular formula is C28H24ClF2N7O3. The number of hydrogen-bond donors (Lipinski definition) is 3. The predicted octanol–water partition coefficient (Wildman–Crippen LogP) is 5.76. The van der Waals surface area contributed by atoms with Gasteiger partial charge in [0.2, 0.25) is 0 Å². The minimum Gasteiger partial charge on any atom is -0.507 e. The zero-order valence-corrected chi connectivity index (χ0v) is 22.2. The van der Waals surface area contributed by atoms with Gasteiger partial charge in [-0.05, 0) is 62.1 Å². The third kappa shape index (κ3) is 5.42. The number of fused-ring (bicyclic) bond motifs is 1. The first kappa shape index (κ1) is 26.6. The van der Waals surface area contributed by atoms with Crippen LogP contribution < -0.4 is 10.1 Å². The zero-order chi connectivity index (χ0) is 28.5. The van der Waals surface area contributed by atoms with Crippen LogP contribution in [0.5, 0.6) is 11.5 Å². The minimum atomic E-state index is -3.01. The minimum absolute atomic E-state index is 0.000401. The number of aromatic nitrogens is 6. The van der Waals surface area contributed by atoms with E-state index in [1.807, 2.05) is 10.6 Å². The number of amides is 1. The molecule has 1 saturated carbocycles. The molecule has 0 spiro atoms. The molecule has 6 rings (SSSR count). The fourth-order valence-electron chi connectivity index (χ4n) is 5.35. The summed E-state index contributed by atoms with van der Waals surface area (Å²) in [5.74, 6) is 0.318. The van der Waals surface area contributed by atoms with Gasteiger partial charge in [0.25, 0.3) is 5.91 Å². The summed E-state index contributed by atoms with van der Waals surface area (Å²) in [5.41, 5.74) is 2.31. The van der Waals surface area contributed by atoms with E-state index >= 15 is 0 Å². The van der Waals surface area contributed by atoms with Crippen LogP contribution in [-0.4, -0.2) is 53.4 Å². The molecule has 10 nitrogen and oxygen atoms in total. The molecule has 5 aromatic rings. The summed E-state index contributed by atoms with van der Waals surface area (Å²) in [5, 5.41) is 20.3. The normalized spacial score (nSPS) is 17.2. The molecule has 0 aliphatic heterocycles. The average molecular weight is 580 g/mol. The number of nitrogens with one attached hydrogen (secondary N) is 2. The average Bonchev–Trinajstić information content (AvgIpc) is 3.63. The van der Waals surface area contributed by atoms with E-state index in [0.717, 1.165) is 24.8 Å². The number of carbonyl (C=O) groups is 1. The molecule has 0 radical (unpaired) electrons. The summed E-state index contributed by atoms with van der Waals surface area (Å²) in [6.45, 7) is -3.01. The van der Waals surface area contributed by atoms with Gasteiger partial charge >= 0.3 is 6.61 Å². The standard InChI is InChI=1S/C28H24ClF2N7O3/c29-15-8-9-23(39)19(10-15)27(40)35-16-4-3-5-17(11-16)38-22-12-20(25-33-14-34-37-25)32-13-21(22)36-26(38)18-6-1-2-7-24(18)41-28(30)31/h1-2,6-10,12-14,16-17,28,39H,3-5,11H2,(H,35,40)(H,33,34,37)/t16-,17+/m0/s1. The number of imidazole rings is 1. The van der Waals surface area contributed by atoms with Crippen LogP contribution in [-0.2, 0) is 0 Å². The molecule has 1 aliphatic carbocycles. The number of para-hydroxylation sites is 1. The van der Waals surface area contributed by atoms with Gasteiger partial charge in [0.15, 0.2) is 5.82 Å². The van der Waals surface area contributed by atoms with Crippen molar-refractivity contribution in [3.8, 4) is 34.4 Å². The molecule has 0 unspecified atom stereocenters. The number of nitrogens with zero attached hydrogens (tertiary/aromatic N) is 5. The molecule has 1 aliphatic rings. The van der Waals surface area contributed by atoms with E-state index in [1.54, 1.807) is 24.4 Å². The van der Waals surface area contributed by atoms with Gasteiger partial charge in [0, 0.05) is 17.1 Å². The number of hydrogen-bond acceptors (Lipinski definition) is 7. The van der Waals surface area contributed by atoms with Crippen molar-refractivity contribution in [1.82, 2.24) is 35.0 Å². The number of phenols is 1. The van der Waals surface area contributed by atoms with Crippen molar-refractivity contribution in [2.24, 2.45) is 0 Å². The number of ether oxygens (including phenoxy) is 1. The van der Waals surface area contributed by atoms with Crippen LogP contribution in [0.2, 0.25) is 5.02 Å². The summed E-state index contributed by atoms with van der Waals surface area (Å²) >= 11 is 6.05. The monoisotopic (exact) mass is 579 g/mol. The van der Waals surface area contributed by atoms with Crippen LogP contribution >= 0.6 is 11.6 Å². The van der Waals surface area contributed by atoms with Gasteiger partial charge in [0.1, 0.15) is 34.9 Å². The number of rotatable bonds is 7. The molecule has 13 heteroatoms. The van der Waals surface area contributed by atoms with Crippen LogP contribution in [0.4, 0.5) is 8.78 Å². The predicted molar refractivity (Wildman–Crippen MR) is 147 cm³/mol. The van der Waals surface area contributed by atoms with Crippen molar-refractivity contribution < 1.29 is 23.4 Å². The molecule has 0 bridgehead atoms. The first-order valence-electron chi connectivity index (χ1n) is 12.9. The lowest BCUT2D eigenvalue weighted by Gasteiger charge is -2.32. The fourth-order valence-corrected chi connectivity index (χ4v) is 5.52. The lowest BCUT2D eigenvalue weighted by molar-refractivity contribution is -0.0494.